The second-order valence-corrected chi connectivity index (χ2v) is 1.82. The van der Waals surface area contributed by atoms with Gasteiger partial charge in [0.2, 0.25) is 0 Å². The fourth-order valence-electron chi connectivity index (χ4n) is 0.724. The van der Waals surface area contributed by atoms with Crippen LogP contribution in [-0.2, 0) is 4.74 Å². The number of nitrogens with zero attached hydrogens (tertiary/aromatic N) is 1. The maximum Gasteiger partial charge on any atom is 0.154 e. The fraction of sp³-hybridized carbons (Fsp3) is 0.833. The highest BCUT2D eigenvalue weighted by Gasteiger charge is 2.07. The number of hydrogen-bond acceptors (Lipinski definition) is 3. The predicted molar refractivity (Wildman–Crippen MR) is 32.5 cm³/mol. The molecular weight excluding hydrogens is 118 g/mol. The molecule has 0 radical (unpaired) electrons. The zero-order chi connectivity index (χ0) is 7.11. The van der Waals surface area contributed by atoms with E-state index in [1.165, 1.54) is 0 Å². The van der Waals surface area contributed by atoms with Gasteiger partial charge in [-0.15, -0.1) is 0 Å². The Morgan fingerprint density at radius 2 is 2.11 bits per heavy atom. The molecule has 1 rings (SSSR count). The largest absolute Gasteiger partial charge is 0.368 e. The van der Waals surface area contributed by atoms with Gasteiger partial charge in [-0.2, -0.15) is 0 Å². The SMILES string of the molecule is C#N.OC1CCCCO1. The monoisotopic (exact) mass is 129 g/mol. The van der Waals surface area contributed by atoms with Crippen LogP contribution >= 0.6 is 0 Å². The van der Waals surface area contributed by atoms with Gasteiger partial charge >= 0.3 is 0 Å². The third-order valence-corrected chi connectivity index (χ3v) is 1.16. The number of rotatable bonds is 0. The van der Waals surface area contributed by atoms with Crippen LogP contribution in [0.25, 0.3) is 0 Å². The smallest absolute Gasteiger partial charge is 0.154 e. The molecule has 1 aliphatic rings. The zero-order valence-electron chi connectivity index (χ0n) is 5.29. The molecule has 0 saturated carbocycles. The first-order chi connectivity index (χ1) is 4.39. The normalized spacial score (nSPS) is 25.9. The summed E-state index contributed by atoms with van der Waals surface area (Å²) in [5.74, 6) is 0. The number of ether oxygens (including phenoxy) is 1. The van der Waals surface area contributed by atoms with E-state index in [1.807, 2.05) is 0 Å². The molecule has 9 heavy (non-hydrogen) atoms. The van der Waals surface area contributed by atoms with E-state index in [-0.39, 0.29) is 0 Å². The van der Waals surface area contributed by atoms with Crippen molar-refractivity contribution in [3.8, 4) is 6.57 Å². The Balaban J connectivity index is 0.000000291. The molecule has 0 aromatic heterocycles. The highest BCUT2D eigenvalue weighted by molar-refractivity contribution is 4.50. The van der Waals surface area contributed by atoms with E-state index in [1.54, 1.807) is 0 Å². The Kier molecular flexibility index (Phi) is 5.18. The minimum atomic E-state index is -0.464. The third-order valence-electron chi connectivity index (χ3n) is 1.16. The average molecular weight is 129 g/mol. The van der Waals surface area contributed by atoms with Gasteiger partial charge in [-0.25, -0.2) is 5.26 Å². The van der Waals surface area contributed by atoms with Crippen molar-refractivity contribution < 1.29 is 9.84 Å². The maximum absolute atomic E-state index is 8.69. The molecule has 0 aliphatic carbocycles. The van der Waals surface area contributed by atoms with Crippen molar-refractivity contribution in [3.63, 3.8) is 0 Å². The summed E-state index contributed by atoms with van der Waals surface area (Å²) < 4.78 is 4.83. The standard InChI is InChI=1S/C5H10O2.CHN/c6-5-3-1-2-4-7-5;1-2/h5-6H,1-4H2;1H. The first-order valence-corrected chi connectivity index (χ1v) is 2.95. The summed E-state index contributed by atoms with van der Waals surface area (Å²) in [6.45, 7) is 4.24. The van der Waals surface area contributed by atoms with Crippen LogP contribution in [0, 0.1) is 11.8 Å². The van der Waals surface area contributed by atoms with E-state index in [0.29, 0.717) is 0 Å². The summed E-state index contributed by atoms with van der Waals surface area (Å²) in [7, 11) is 0. The average Bonchev–Trinajstić information content (AvgIpc) is 1.94. The summed E-state index contributed by atoms with van der Waals surface area (Å²) in [4.78, 5) is 0. The van der Waals surface area contributed by atoms with Gasteiger partial charge in [-0.05, 0) is 19.3 Å². The molecule has 1 unspecified atom stereocenters. The molecule has 1 fully saturated rings. The van der Waals surface area contributed by atoms with Crippen LogP contribution in [0.5, 0.6) is 0 Å². The first-order valence-electron chi connectivity index (χ1n) is 2.95. The van der Waals surface area contributed by atoms with Crippen molar-refractivity contribution in [2.45, 2.75) is 25.6 Å². The van der Waals surface area contributed by atoms with Crippen LogP contribution in [-0.4, -0.2) is 18.0 Å². The molecular formula is C6H11NO2. The molecule has 0 amide bonds. The molecule has 0 aromatic carbocycles. The Hall–Kier alpha value is -0.590. The minimum Gasteiger partial charge on any atom is -0.368 e. The molecule has 0 spiro atoms. The number of aliphatic hydroxyl groups is 1. The van der Waals surface area contributed by atoms with E-state index >= 15 is 0 Å². The van der Waals surface area contributed by atoms with E-state index in [0.717, 1.165) is 25.9 Å². The van der Waals surface area contributed by atoms with Crippen molar-refractivity contribution >= 4 is 0 Å². The maximum atomic E-state index is 8.69. The Labute approximate surface area is 54.9 Å². The summed E-state index contributed by atoms with van der Waals surface area (Å²) in [5, 5.41) is 15.2. The van der Waals surface area contributed by atoms with Crippen LogP contribution < -0.4 is 0 Å². The Morgan fingerprint density at radius 3 is 2.33 bits per heavy atom. The van der Waals surface area contributed by atoms with Crippen molar-refractivity contribution in [2.75, 3.05) is 6.61 Å². The molecule has 0 aromatic rings. The number of hydrogen-bond donors (Lipinski definition) is 1. The second kappa shape index (κ2) is 5.54. The summed E-state index contributed by atoms with van der Waals surface area (Å²) in [6, 6.07) is 0. The summed E-state index contributed by atoms with van der Waals surface area (Å²) in [5.41, 5.74) is 0. The lowest BCUT2D eigenvalue weighted by atomic mass is 10.2. The quantitative estimate of drug-likeness (QED) is 0.522. The van der Waals surface area contributed by atoms with Crippen LogP contribution in [0.2, 0.25) is 0 Å². The number of nitriles is 1. The Morgan fingerprint density at radius 1 is 1.44 bits per heavy atom. The van der Waals surface area contributed by atoms with Gasteiger partial charge in [-0.1, -0.05) is 0 Å². The molecule has 52 valence electrons. The lowest BCUT2D eigenvalue weighted by Crippen LogP contribution is -2.17. The van der Waals surface area contributed by atoms with E-state index in [2.05, 4.69) is 6.57 Å². The second-order valence-electron chi connectivity index (χ2n) is 1.82. The molecule has 1 heterocycles. The summed E-state index contributed by atoms with van der Waals surface area (Å²) >= 11 is 0. The molecule has 1 saturated heterocycles. The van der Waals surface area contributed by atoms with Crippen molar-refractivity contribution in [1.29, 1.82) is 5.26 Å². The minimum absolute atomic E-state index is 0.464. The van der Waals surface area contributed by atoms with Crippen molar-refractivity contribution in [2.24, 2.45) is 0 Å². The van der Waals surface area contributed by atoms with Gasteiger partial charge in [-0.3, -0.25) is 0 Å². The van der Waals surface area contributed by atoms with E-state index in [4.69, 9.17) is 15.1 Å². The predicted octanol–water partition coefficient (Wildman–Crippen LogP) is 0.645. The molecule has 3 heteroatoms. The van der Waals surface area contributed by atoms with Crippen LogP contribution in [0.15, 0.2) is 0 Å². The van der Waals surface area contributed by atoms with Crippen LogP contribution in [0.4, 0.5) is 0 Å². The number of aliphatic hydroxyl groups excluding tert-OH is 1. The van der Waals surface area contributed by atoms with Gasteiger partial charge in [0, 0.05) is 13.2 Å². The van der Waals surface area contributed by atoms with E-state index in [9.17, 15) is 0 Å². The van der Waals surface area contributed by atoms with Gasteiger partial charge in [0.05, 0.1) is 0 Å². The molecule has 1 aliphatic heterocycles. The topological polar surface area (TPSA) is 53.2 Å². The fourth-order valence-corrected chi connectivity index (χ4v) is 0.724. The summed E-state index contributed by atoms with van der Waals surface area (Å²) in [6.07, 6.45) is 2.58. The Bertz CT molecular complexity index is 76.4. The first kappa shape index (κ1) is 8.41. The van der Waals surface area contributed by atoms with Gasteiger partial charge < -0.3 is 9.84 Å². The molecule has 3 nitrogen and oxygen atoms in total. The van der Waals surface area contributed by atoms with Crippen molar-refractivity contribution in [3.05, 3.63) is 0 Å². The van der Waals surface area contributed by atoms with Gasteiger partial charge in [0.25, 0.3) is 0 Å². The third kappa shape index (κ3) is 3.95. The van der Waals surface area contributed by atoms with Gasteiger partial charge in [0.1, 0.15) is 0 Å². The lowest BCUT2D eigenvalue weighted by Gasteiger charge is -2.16. The molecule has 0 bridgehead atoms. The highest BCUT2D eigenvalue weighted by Crippen LogP contribution is 2.08. The van der Waals surface area contributed by atoms with Crippen LogP contribution in [0.3, 0.4) is 0 Å². The van der Waals surface area contributed by atoms with Gasteiger partial charge in [0.15, 0.2) is 6.29 Å². The van der Waals surface area contributed by atoms with E-state index < -0.39 is 6.29 Å². The molecule has 1 N–H and O–H groups in total. The lowest BCUT2D eigenvalue weighted by molar-refractivity contribution is -0.123. The highest BCUT2D eigenvalue weighted by atomic mass is 16.6. The van der Waals surface area contributed by atoms with Crippen LogP contribution in [0.1, 0.15) is 19.3 Å². The zero-order valence-corrected chi connectivity index (χ0v) is 5.29. The molecule has 1 atom stereocenters. The van der Waals surface area contributed by atoms with Crippen molar-refractivity contribution in [1.82, 2.24) is 0 Å².